The van der Waals surface area contributed by atoms with E-state index in [0.717, 1.165) is 42.7 Å². The van der Waals surface area contributed by atoms with E-state index < -0.39 is 12.4 Å². The maximum Gasteiger partial charge on any atom is 0.411 e. The van der Waals surface area contributed by atoms with Crippen LogP contribution in [-0.2, 0) is 20.8 Å². The van der Waals surface area contributed by atoms with Gasteiger partial charge in [0.25, 0.3) is 0 Å². The Hall–Kier alpha value is -2.71. The lowest BCUT2D eigenvalue weighted by atomic mass is 9.99. The Labute approximate surface area is 272 Å². The normalized spacial score (nSPS) is 18.2. The van der Waals surface area contributed by atoms with Gasteiger partial charge in [0.05, 0.1) is 18.8 Å². The number of rotatable bonds is 22. The first kappa shape index (κ1) is 36.8. The molecule has 1 fully saturated rings. The Bertz CT molecular complexity index is 1060. The molecule has 45 heavy (non-hydrogen) atoms. The molecule has 3 rings (SSSR count). The summed E-state index contributed by atoms with van der Waals surface area (Å²) >= 11 is 0. The number of hydrogen-bond donors (Lipinski definition) is 2. The summed E-state index contributed by atoms with van der Waals surface area (Å²) in [5.41, 5.74) is 3.52. The summed E-state index contributed by atoms with van der Waals surface area (Å²) in [4.78, 5) is 14.6. The minimum absolute atomic E-state index is 0.0122. The van der Waals surface area contributed by atoms with E-state index in [1.54, 1.807) is 0 Å². The van der Waals surface area contributed by atoms with Crippen molar-refractivity contribution in [3.63, 3.8) is 0 Å². The van der Waals surface area contributed by atoms with Crippen LogP contribution < -0.4 is 5.32 Å². The average molecular weight is 623 g/mol. The number of anilines is 1. The molecule has 2 aromatic rings. The van der Waals surface area contributed by atoms with Crippen molar-refractivity contribution in [1.82, 2.24) is 4.90 Å². The fourth-order valence-corrected chi connectivity index (χ4v) is 5.86. The maximum atomic E-state index is 12.0. The summed E-state index contributed by atoms with van der Waals surface area (Å²) < 4.78 is 18.3. The highest BCUT2D eigenvalue weighted by Crippen LogP contribution is 2.38. The van der Waals surface area contributed by atoms with Crippen LogP contribution in [0.15, 0.2) is 61.2 Å². The van der Waals surface area contributed by atoms with Gasteiger partial charge in [-0.25, -0.2) is 4.79 Å². The van der Waals surface area contributed by atoms with Gasteiger partial charge in [0.2, 0.25) is 0 Å². The number of hydrogen-bond acceptors (Lipinski definition) is 6. The summed E-state index contributed by atoms with van der Waals surface area (Å²) in [6.45, 7) is 11.4. The van der Waals surface area contributed by atoms with E-state index in [1.807, 2.05) is 36.4 Å². The van der Waals surface area contributed by atoms with Gasteiger partial charge in [-0.1, -0.05) is 127 Å². The number of aliphatic hydroxyl groups is 1. The highest BCUT2D eigenvalue weighted by Gasteiger charge is 2.33. The number of amides is 1. The number of carbonyl (C=O) groups is 1. The maximum absolute atomic E-state index is 12.0. The van der Waals surface area contributed by atoms with Gasteiger partial charge in [-0.3, -0.25) is 5.32 Å². The Balaban J connectivity index is 1.70. The molecule has 1 aliphatic heterocycles. The number of nitrogens with zero attached hydrogens (tertiary/aromatic N) is 1. The molecule has 0 aromatic heterocycles. The second kappa shape index (κ2) is 21.9. The Morgan fingerprint density at radius 1 is 0.867 bits per heavy atom. The molecule has 0 radical (unpaired) electrons. The fourth-order valence-electron chi connectivity index (χ4n) is 5.86. The van der Waals surface area contributed by atoms with Crippen molar-refractivity contribution in [2.24, 2.45) is 0 Å². The lowest BCUT2D eigenvalue weighted by molar-refractivity contribution is -0.253. The standard InChI is InChI=1S/C38H58N2O5/c1-4-7-9-11-13-15-25-40(26-16-14-12-10-8-5-2)29-35-28-36(32-19-17-31(30-41)18-20-32)45-37(44-35)33-21-23-34(24-22-33)39-38(42)43-27-6-3/h6,17-24,35-37,41H,3-5,7-16,25-30H2,1-2H3,(H,39,42)/t35-,36+,37+/m1/s1. The van der Waals surface area contributed by atoms with Crippen LogP contribution in [0.2, 0.25) is 0 Å². The summed E-state index contributed by atoms with van der Waals surface area (Å²) in [6.07, 6.45) is 16.7. The lowest BCUT2D eigenvalue weighted by Crippen LogP contribution is -2.40. The molecule has 0 unspecified atom stereocenters. The van der Waals surface area contributed by atoms with Gasteiger partial charge in [-0.05, 0) is 49.2 Å². The molecule has 0 saturated carbocycles. The number of nitrogens with one attached hydrogen (secondary N) is 1. The minimum atomic E-state index is -0.530. The van der Waals surface area contributed by atoms with Crippen LogP contribution in [0, 0.1) is 0 Å². The van der Waals surface area contributed by atoms with Crippen molar-refractivity contribution in [3.05, 3.63) is 77.9 Å². The van der Waals surface area contributed by atoms with Crippen LogP contribution in [-0.4, -0.2) is 48.4 Å². The van der Waals surface area contributed by atoms with Crippen molar-refractivity contribution < 1.29 is 24.1 Å². The van der Waals surface area contributed by atoms with Crippen molar-refractivity contribution >= 4 is 11.8 Å². The molecule has 1 saturated heterocycles. The number of ether oxygens (including phenoxy) is 3. The number of aliphatic hydroxyl groups excluding tert-OH is 1. The average Bonchev–Trinajstić information content (AvgIpc) is 3.07. The van der Waals surface area contributed by atoms with Gasteiger partial charge in [-0.2, -0.15) is 0 Å². The van der Waals surface area contributed by atoms with Crippen molar-refractivity contribution in [3.8, 4) is 0 Å². The molecule has 3 atom stereocenters. The summed E-state index contributed by atoms with van der Waals surface area (Å²) in [6, 6.07) is 15.6. The van der Waals surface area contributed by atoms with Crippen LogP contribution in [0.4, 0.5) is 10.5 Å². The molecule has 2 aromatic carbocycles. The van der Waals surface area contributed by atoms with Crippen molar-refractivity contribution in [1.29, 1.82) is 0 Å². The Kier molecular flexibility index (Phi) is 17.9. The van der Waals surface area contributed by atoms with Crippen molar-refractivity contribution in [2.75, 3.05) is 31.6 Å². The van der Waals surface area contributed by atoms with E-state index in [1.165, 1.54) is 83.1 Å². The topological polar surface area (TPSA) is 80.3 Å². The smallest absolute Gasteiger partial charge is 0.411 e. The molecule has 0 aliphatic carbocycles. The zero-order chi connectivity index (χ0) is 32.1. The van der Waals surface area contributed by atoms with E-state index in [4.69, 9.17) is 14.2 Å². The predicted octanol–water partition coefficient (Wildman–Crippen LogP) is 9.48. The highest BCUT2D eigenvalue weighted by molar-refractivity contribution is 5.84. The number of carbonyl (C=O) groups excluding carboxylic acids is 1. The van der Waals surface area contributed by atoms with E-state index in [-0.39, 0.29) is 25.4 Å². The predicted molar refractivity (Wildman–Crippen MR) is 183 cm³/mol. The van der Waals surface area contributed by atoms with Gasteiger partial charge in [-0.15, -0.1) is 0 Å². The first-order valence-corrected chi connectivity index (χ1v) is 17.4. The second-order valence-electron chi connectivity index (χ2n) is 12.3. The van der Waals surface area contributed by atoms with Crippen LogP contribution >= 0.6 is 0 Å². The molecule has 2 N–H and O–H groups in total. The molecule has 7 heteroatoms. The first-order valence-electron chi connectivity index (χ1n) is 17.4. The third-order valence-electron chi connectivity index (χ3n) is 8.49. The third-order valence-corrected chi connectivity index (χ3v) is 8.49. The zero-order valence-corrected chi connectivity index (χ0v) is 27.9. The molecule has 1 amide bonds. The Morgan fingerprint density at radius 2 is 1.44 bits per heavy atom. The number of unbranched alkanes of at least 4 members (excludes halogenated alkanes) is 10. The van der Waals surface area contributed by atoms with E-state index in [0.29, 0.717) is 5.69 Å². The second-order valence-corrected chi connectivity index (χ2v) is 12.3. The first-order chi connectivity index (χ1) is 22.1. The fraction of sp³-hybridized carbons (Fsp3) is 0.605. The van der Waals surface area contributed by atoms with E-state index >= 15 is 0 Å². The van der Waals surface area contributed by atoms with E-state index in [9.17, 15) is 9.90 Å². The Morgan fingerprint density at radius 3 is 2.02 bits per heavy atom. The minimum Gasteiger partial charge on any atom is -0.445 e. The quantitative estimate of drug-likeness (QED) is 0.101. The van der Waals surface area contributed by atoms with Gasteiger partial charge < -0.3 is 24.2 Å². The lowest BCUT2D eigenvalue weighted by Gasteiger charge is -2.38. The van der Waals surface area contributed by atoms with Crippen molar-refractivity contribution in [2.45, 2.75) is 122 Å². The zero-order valence-electron chi connectivity index (χ0n) is 27.9. The molecule has 0 spiro atoms. The van der Waals surface area contributed by atoms with Crippen LogP contribution in [0.5, 0.6) is 0 Å². The highest BCUT2D eigenvalue weighted by atomic mass is 16.7. The molecular formula is C38H58N2O5. The molecule has 1 heterocycles. The number of benzene rings is 2. The van der Waals surface area contributed by atoms with E-state index in [2.05, 4.69) is 42.8 Å². The summed E-state index contributed by atoms with van der Waals surface area (Å²) in [7, 11) is 0. The van der Waals surface area contributed by atoms with Gasteiger partial charge in [0.15, 0.2) is 6.29 Å². The molecular weight excluding hydrogens is 564 g/mol. The molecule has 250 valence electrons. The van der Waals surface area contributed by atoms with Crippen LogP contribution in [0.1, 0.15) is 126 Å². The SMILES string of the molecule is C=CCOC(=O)Nc1ccc([C@H]2O[C@@H](CN(CCCCCCCC)CCCCCCCC)C[C@@H](c3ccc(CO)cc3)O2)cc1. The van der Waals surface area contributed by atoms with Crippen LogP contribution in [0.3, 0.4) is 0 Å². The van der Waals surface area contributed by atoms with Gasteiger partial charge in [0, 0.05) is 24.2 Å². The van der Waals surface area contributed by atoms with Gasteiger partial charge in [0.1, 0.15) is 6.61 Å². The summed E-state index contributed by atoms with van der Waals surface area (Å²) in [5, 5.41) is 12.3. The van der Waals surface area contributed by atoms with Gasteiger partial charge >= 0.3 is 6.09 Å². The molecule has 7 nitrogen and oxygen atoms in total. The molecule has 0 bridgehead atoms. The summed E-state index contributed by atoms with van der Waals surface area (Å²) in [5.74, 6) is 0. The monoisotopic (exact) mass is 622 g/mol. The van der Waals surface area contributed by atoms with Crippen LogP contribution in [0.25, 0.3) is 0 Å². The largest absolute Gasteiger partial charge is 0.445 e. The third kappa shape index (κ3) is 14.1. The molecule has 1 aliphatic rings.